The molecule has 11 heteroatoms. The predicted molar refractivity (Wildman–Crippen MR) is 212 cm³/mol. The largest absolute Gasteiger partial charge is 0.497 e. The van der Waals surface area contributed by atoms with Crippen LogP contribution in [0.4, 0.5) is 0 Å². The van der Waals surface area contributed by atoms with E-state index in [0.717, 1.165) is 27.2 Å². The molecular formula is C44H52O10Si. The van der Waals surface area contributed by atoms with Crippen molar-refractivity contribution in [2.45, 2.75) is 70.4 Å². The molecule has 0 unspecified atom stereocenters. The van der Waals surface area contributed by atoms with Crippen molar-refractivity contribution in [3.63, 3.8) is 0 Å². The van der Waals surface area contributed by atoms with Crippen LogP contribution in [0.1, 0.15) is 38.8 Å². The zero-order chi connectivity index (χ0) is 39.4. The summed E-state index contributed by atoms with van der Waals surface area (Å²) in [5.74, 6) is 0.270. The van der Waals surface area contributed by atoms with Crippen molar-refractivity contribution in [2.24, 2.45) is 0 Å². The molecule has 0 aliphatic carbocycles. The Morgan fingerprint density at radius 1 is 0.745 bits per heavy atom. The number of esters is 2. The maximum Gasteiger partial charge on any atom is 0.338 e. The van der Waals surface area contributed by atoms with E-state index in [1.807, 2.05) is 97.9 Å². The van der Waals surface area contributed by atoms with Crippen LogP contribution < -0.4 is 19.8 Å². The Bertz CT molecular complexity index is 1800. The Kier molecular flexibility index (Phi) is 14.4. The molecule has 4 atom stereocenters. The summed E-state index contributed by atoms with van der Waals surface area (Å²) < 4.78 is 47.8. The molecule has 1 aliphatic heterocycles. The molecule has 0 fully saturated rings. The summed E-state index contributed by atoms with van der Waals surface area (Å²) in [6, 6.07) is 35.3. The topological polar surface area (TPSA) is 108 Å². The van der Waals surface area contributed by atoms with Gasteiger partial charge in [-0.1, -0.05) is 106 Å². The van der Waals surface area contributed by atoms with Crippen LogP contribution in [0.3, 0.4) is 0 Å². The third-order valence-electron chi connectivity index (χ3n) is 9.66. The lowest BCUT2D eigenvalue weighted by Crippen LogP contribution is -2.67. The molecule has 10 nitrogen and oxygen atoms in total. The Morgan fingerprint density at radius 2 is 1.27 bits per heavy atom. The molecule has 55 heavy (non-hydrogen) atoms. The standard InChI is InChI=1S/C44H52O10Si/c1-31-26-38(53-40(45)30-50-27-32-18-22-34(47-5)23-19-32)39(54-41(31)42(43(46)49-7)51-28-33-20-24-35(48-6)25-21-33)29-52-55(44(2,3)4,36-14-10-8-11-15-36)37-16-12-9-13-17-37/h8-26,38-39,41-42H,27-30H2,1-7H3/t38-,39+,41+,42+/m0/s1. The second-order valence-corrected chi connectivity index (χ2v) is 18.7. The first-order valence-electron chi connectivity index (χ1n) is 18.3. The molecule has 0 saturated heterocycles. The van der Waals surface area contributed by atoms with Gasteiger partial charge in [-0.05, 0) is 69.4 Å². The molecule has 4 aromatic carbocycles. The third-order valence-corrected chi connectivity index (χ3v) is 14.7. The summed E-state index contributed by atoms with van der Waals surface area (Å²) in [7, 11) is 1.48. The minimum Gasteiger partial charge on any atom is -0.497 e. The van der Waals surface area contributed by atoms with E-state index in [1.165, 1.54) is 7.11 Å². The molecule has 0 saturated carbocycles. The van der Waals surface area contributed by atoms with E-state index >= 15 is 0 Å². The van der Waals surface area contributed by atoms with Crippen molar-refractivity contribution in [1.82, 2.24) is 0 Å². The molecule has 0 bridgehead atoms. The van der Waals surface area contributed by atoms with Crippen molar-refractivity contribution >= 4 is 30.6 Å². The Hall–Kier alpha value is -4.78. The van der Waals surface area contributed by atoms with Gasteiger partial charge < -0.3 is 37.6 Å². The average Bonchev–Trinajstić information content (AvgIpc) is 3.20. The number of benzene rings is 4. The number of methoxy groups -OCH3 is 3. The van der Waals surface area contributed by atoms with Crippen molar-refractivity contribution in [1.29, 1.82) is 0 Å². The van der Waals surface area contributed by atoms with Crippen LogP contribution in [0.5, 0.6) is 11.5 Å². The summed E-state index contributed by atoms with van der Waals surface area (Å²) in [5.41, 5.74) is 2.36. The van der Waals surface area contributed by atoms with Gasteiger partial charge in [-0.3, -0.25) is 0 Å². The van der Waals surface area contributed by atoms with Crippen LogP contribution in [-0.2, 0) is 50.9 Å². The summed E-state index contributed by atoms with van der Waals surface area (Å²) in [6.07, 6.45) is -1.85. The maximum absolute atomic E-state index is 13.3. The molecule has 0 N–H and O–H groups in total. The summed E-state index contributed by atoms with van der Waals surface area (Å²) in [4.78, 5) is 26.7. The highest BCUT2D eigenvalue weighted by Gasteiger charge is 2.51. The normalized spacial score (nSPS) is 17.8. The molecule has 0 amide bonds. The minimum absolute atomic E-state index is 0.0462. The zero-order valence-corrected chi connectivity index (χ0v) is 33.7. The van der Waals surface area contributed by atoms with Crippen LogP contribution in [0.2, 0.25) is 5.04 Å². The van der Waals surface area contributed by atoms with Crippen molar-refractivity contribution in [3.05, 3.63) is 132 Å². The minimum atomic E-state index is -3.04. The molecular weight excluding hydrogens is 717 g/mol. The summed E-state index contributed by atoms with van der Waals surface area (Å²) >= 11 is 0. The lowest BCUT2D eigenvalue weighted by Gasteiger charge is -2.45. The highest BCUT2D eigenvalue weighted by atomic mass is 28.4. The summed E-state index contributed by atoms with van der Waals surface area (Å²) in [6.45, 7) is 8.47. The number of ether oxygens (including phenoxy) is 7. The van der Waals surface area contributed by atoms with Crippen LogP contribution in [0.15, 0.2) is 121 Å². The predicted octanol–water partition coefficient (Wildman–Crippen LogP) is 6.18. The monoisotopic (exact) mass is 768 g/mol. The molecule has 5 rings (SSSR count). The van der Waals surface area contributed by atoms with E-state index in [2.05, 4.69) is 45.0 Å². The van der Waals surface area contributed by atoms with E-state index in [9.17, 15) is 9.59 Å². The second kappa shape index (κ2) is 19.2. The van der Waals surface area contributed by atoms with Crippen LogP contribution in [0.25, 0.3) is 0 Å². The lowest BCUT2D eigenvalue weighted by atomic mass is 9.98. The Balaban J connectivity index is 1.43. The fourth-order valence-electron chi connectivity index (χ4n) is 6.82. The molecule has 0 aromatic heterocycles. The fourth-order valence-corrected chi connectivity index (χ4v) is 11.4. The van der Waals surface area contributed by atoms with Crippen LogP contribution >= 0.6 is 0 Å². The van der Waals surface area contributed by atoms with Gasteiger partial charge in [0.25, 0.3) is 8.32 Å². The molecule has 1 aliphatic rings. The van der Waals surface area contributed by atoms with E-state index in [4.69, 9.17) is 37.6 Å². The first kappa shape index (κ1) is 41.4. The van der Waals surface area contributed by atoms with Gasteiger partial charge in [-0.25, -0.2) is 9.59 Å². The second-order valence-electron chi connectivity index (χ2n) is 14.4. The van der Waals surface area contributed by atoms with Gasteiger partial charge in [0.05, 0.1) is 41.2 Å². The van der Waals surface area contributed by atoms with E-state index in [0.29, 0.717) is 11.3 Å². The van der Waals surface area contributed by atoms with E-state index < -0.39 is 44.7 Å². The smallest absolute Gasteiger partial charge is 0.338 e. The zero-order valence-electron chi connectivity index (χ0n) is 32.7. The molecule has 0 radical (unpaired) electrons. The summed E-state index contributed by atoms with van der Waals surface area (Å²) in [5, 5.41) is 1.85. The first-order valence-corrected chi connectivity index (χ1v) is 20.2. The molecule has 4 aromatic rings. The van der Waals surface area contributed by atoms with Gasteiger partial charge in [0.15, 0.2) is 6.10 Å². The van der Waals surface area contributed by atoms with Gasteiger partial charge in [-0.2, -0.15) is 0 Å². The maximum atomic E-state index is 13.3. The first-order chi connectivity index (χ1) is 26.5. The SMILES string of the molecule is COC(=O)[C@H](OCc1ccc(OC)cc1)[C@@H]1O[C@H](CO[Si](c2ccccc2)(c2ccccc2)C(C)(C)C)[C@@H](OC(=O)COCc2ccc(OC)cc2)C=C1C. The average molecular weight is 769 g/mol. The highest BCUT2D eigenvalue weighted by Crippen LogP contribution is 2.38. The molecule has 292 valence electrons. The van der Waals surface area contributed by atoms with Gasteiger partial charge in [0.1, 0.15) is 36.4 Å². The van der Waals surface area contributed by atoms with E-state index in [-0.39, 0.29) is 31.5 Å². The van der Waals surface area contributed by atoms with Crippen LogP contribution in [0, 0.1) is 0 Å². The van der Waals surface area contributed by atoms with Gasteiger partial charge in [-0.15, -0.1) is 0 Å². The van der Waals surface area contributed by atoms with Gasteiger partial charge in [0, 0.05) is 0 Å². The highest BCUT2D eigenvalue weighted by molar-refractivity contribution is 6.99. The Labute approximate surface area is 325 Å². The van der Waals surface area contributed by atoms with Crippen LogP contribution in [-0.4, -0.2) is 79.2 Å². The van der Waals surface area contributed by atoms with E-state index in [1.54, 1.807) is 14.2 Å². The molecule has 1 heterocycles. The number of rotatable bonds is 17. The number of carbonyl (C=O) groups is 2. The molecule has 0 spiro atoms. The quantitative estimate of drug-likeness (QED) is 0.0703. The van der Waals surface area contributed by atoms with Crippen molar-refractivity contribution in [3.8, 4) is 11.5 Å². The number of hydrogen-bond donors (Lipinski definition) is 0. The number of carbonyl (C=O) groups excluding carboxylic acids is 2. The fraction of sp³-hybridized carbons (Fsp3) is 0.364. The van der Waals surface area contributed by atoms with Crippen molar-refractivity contribution in [2.75, 3.05) is 34.5 Å². The third kappa shape index (κ3) is 10.3. The lowest BCUT2D eigenvalue weighted by molar-refractivity contribution is -0.183. The number of hydrogen-bond acceptors (Lipinski definition) is 10. The van der Waals surface area contributed by atoms with Crippen molar-refractivity contribution < 1.29 is 47.2 Å². The van der Waals surface area contributed by atoms with Gasteiger partial charge in [0.2, 0.25) is 0 Å². The Morgan fingerprint density at radius 3 is 1.76 bits per heavy atom. The van der Waals surface area contributed by atoms with Gasteiger partial charge >= 0.3 is 11.9 Å².